The molecular weight excluding hydrogens is 525 g/mol. The van der Waals surface area contributed by atoms with E-state index in [1.165, 1.54) is 0 Å². The van der Waals surface area contributed by atoms with Gasteiger partial charge in [0.05, 0.1) is 34.9 Å². The molecule has 1 atom stereocenters. The van der Waals surface area contributed by atoms with Gasteiger partial charge in [0.15, 0.2) is 6.23 Å². The molecule has 10 nitrogen and oxygen atoms in total. The van der Waals surface area contributed by atoms with E-state index in [4.69, 9.17) is 33.4 Å². The van der Waals surface area contributed by atoms with Crippen LogP contribution in [0, 0.1) is 5.92 Å². The Balaban J connectivity index is 1.19. The fourth-order valence-electron chi connectivity index (χ4n) is 5.44. The third-order valence-corrected chi connectivity index (χ3v) is 8.45. The number of nitrogens with one attached hydrogen (secondary N) is 1. The number of nitrogens with zero attached hydrogens (tertiary/aromatic N) is 2. The van der Waals surface area contributed by atoms with Crippen LogP contribution in [0.15, 0.2) is 18.3 Å². The van der Waals surface area contributed by atoms with Gasteiger partial charge in [0, 0.05) is 19.3 Å². The molecule has 3 aliphatic rings. The zero-order valence-electron chi connectivity index (χ0n) is 25.7. The number of carbonyl (C=O) groups excluding carboxylic acids is 1. The number of rotatable bonds is 9. The number of fused-ring (bicyclic) bond motifs is 1. The van der Waals surface area contributed by atoms with Crippen LogP contribution in [0.5, 0.6) is 5.75 Å². The lowest BCUT2D eigenvalue weighted by atomic mass is 9.78. The Labute approximate surface area is 243 Å². The van der Waals surface area contributed by atoms with Crippen molar-refractivity contribution < 1.29 is 33.1 Å². The van der Waals surface area contributed by atoms with Crippen molar-refractivity contribution in [2.75, 3.05) is 26.4 Å². The van der Waals surface area contributed by atoms with Crippen molar-refractivity contribution in [3.05, 3.63) is 18.3 Å². The highest BCUT2D eigenvalue weighted by Crippen LogP contribution is 2.38. The molecule has 1 N–H and O–H groups in total. The minimum Gasteiger partial charge on any atom is -0.490 e. The van der Waals surface area contributed by atoms with Gasteiger partial charge in [-0.05, 0) is 104 Å². The Hall–Kier alpha value is -2.34. The van der Waals surface area contributed by atoms with Crippen LogP contribution < -0.4 is 15.5 Å². The van der Waals surface area contributed by atoms with E-state index < -0.39 is 23.9 Å². The number of benzene rings is 1. The second-order valence-electron chi connectivity index (χ2n) is 13.6. The smallest absolute Gasteiger partial charge is 0.490 e. The molecule has 1 saturated carbocycles. The van der Waals surface area contributed by atoms with Gasteiger partial charge in [-0.25, -0.2) is 9.48 Å². The van der Waals surface area contributed by atoms with Gasteiger partial charge in [0.1, 0.15) is 18.0 Å². The van der Waals surface area contributed by atoms with E-state index in [1.807, 2.05) is 37.7 Å². The maximum atomic E-state index is 11.9. The lowest BCUT2D eigenvalue weighted by Gasteiger charge is -2.35. The Morgan fingerprint density at radius 1 is 1.12 bits per heavy atom. The highest BCUT2D eigenvalue weighted by molar-refractivity contribution is 6.62. The number of aromatic nitrogens is 2. The maximum Gasteiger partial charge on any atom is 0.495 e. The summed E-state index contributed by atoms with van der Waals surface area (Å²) in [7, 11) is -0.514. The van der Waals surface area contributed by atoms with Crippen LogP contribution in [-0.2, 0) is 23.5 Å². The summed E-state index contributed by atoms with van der Waals surface area (Å²) < 4.78 is 38.3. The van der Waals surface area contributed by atoms with Crippen molar-refractivity contribution >= 4 is 29.6 Å². The molecule has 3 heterocycles. The lowest BCUT2D eigenvalue weighted by molar-refractivity contribution is -0.0366. The van der Waals surface area contributed by atoms with Crippen LogP contribution in [0.3, 0.4) is 0 Å². The Bertz CT molecular complexity index is 1200. The van der Waals surface area contributed by atoms with Crippen molar-refractivity contribution in [3.63, 3.8) is 0 Å². The minimum absolute atomic E-state index is 0.0953. The summed E-state index contributed by atoms with van der Waals surface area (Å²) >= 11 is 0. The van der Waals surface area contributed by atoms with Gasteiger partial charge in [0.2, 0.25) is 0 Å². The number of hydrogen-bond donors (Lipinski definition) is 1. The van der Waals surface area contributed by atoms with Crippen molar-refractivity contribution in [2.24, 2.45) is 5.92 Å². The number of alkyl carbamates (subject to hydrolysis) is 1. The molecule has 1 aliphatic carbocycles. The first-order chi connectivity index (χ1) is 19.3. The van der Waals surface area contributed by atoms with Crippen LogP contribution >= 0.6 is 0 Å². The third-order valence-electron chi connectivity index (χ3n) is 8.45. The minimum atomic E-state index is -0.514. The molecule has 1 amide bonds. The van der Waals surface area contributed by atoms with Gasteiger partial charge < -0.3 is 33.6 Å². The van der Waals surface area contributed by atoms with Crippen molar-refractivity contribution in [2.45, 2.75) is 110 Å². The first-order valence-electron chi connectivity index (χ1n) is 15.0. The number of amides is 1. The van der Waals surface area contributed by atoms with E-state index in [2.05, 4.69) is 39.1 Å². The summed E-state index contributed by atoms with van der Waals surface area (Å²) in [5.41, 5.74) is 0.447. The Morgan fingerprint density at radius 2 is 1.85 bits per heavy atom. The molecule has 41 heavy (non-hydrogen) atoms. The summed E-state index contributed by atoms with van der Waals surface area (Å²) in [5.74, 6) is 1.14. The average Bonchev–Trinajstić information content (AvgIpc) is 3.38. The molecule has 1 aromatic heterocycles. The summed E-state index contributed by atoms with van der Waals surface area (Å²) in [5, 5.41) is 8.55. The molecule has 0 bridgehead atoms. The second kappa shape index (κ2) is 11.7. The number of hydrogen-bond acceptors (Lipinski definition) is 8. The van der Waals surface area contributed by atoms with Crippen LogP contribution in [-0.4, -0.2) is 72.3 Å². The van der Waals surface area contributed by atoms with Crippen LogP contribution in [0.4, 0.5) is 4.79 Å². The summed E-state index contributed by atoms with van der Waals surface area (Å²) in [6.07, 6.45) is 6.29. The molecule has 2 aromatic rings. The first kappa shape index (κ1) is 30.1. The monoisotopic (exact) mass is 571 g/mol. The topological polar surface area (TPSA) is 102 Å². The molecule has 1 unspecified atom stereocenters. The first-order valence-corrected chi connectivity index (χ1v) is 15.0. The van der Waals surface area contributed by atoms with Crippen LogP contribution in [0.25, 0.3) is 10.9 Å². The highest BCUT2D eigenvalue weighted by atomic mass is 16.7. The summed E-state index contributed by atoms with van der Waals surface area (Å²) in [4.78, 5) is 11.9. The zero-order valence-corrected chi connectivity index (χ0v) is 25.7. The predicted octanol–water partition coefficient (Wildman–Crippen LogP) is 4.73. The van der Waals surface area contributed by atoms with Crippen molar-refractivity contribution in [1.82, 2.24) is 15.1 Å². The van der Waals surface area contributed by atoms with Gasteiger partial charge in [-0.1, -0.05) is 0 Å². The average molecular weight is 572 g/mol. The number of carbonyl (C=O) groups is 1. The van der Waals surface area contributed by atoms with E-state index in [0.29, 0.717) is 25.7 Å². The van der Waals surface area contributed by atoms with Gasteiger partial charge in [-0.15, -0.1) is 0 Å². The molecular formula is C30H46BN3O7. The molecule has 0 radical (unpaired) electrons. The summed E-state index contributed by atoms with van der Waals surface area (Å²) in [6.45, 7) is 16.0. The molecule has 2 aliphatic heterocycles. The third kappa shape index (κ3) is 7.01. The van der Waals surface area contributed by atoms with Gasteiger partial charge in [0.25, 0.3) is 0 Å². The molecule has 226 valence electrons. The van der Waals surface area contributed by atoms with Crippen molar-refractivity contribution in [1.29, 1.82) is 0 Å². The van der Waals surface area contributed by atoms with E-state index in [1.54, 1.807) is 0 Å². The van der Waals surface area contributed by atoms with E-state index in [0.717, 1.165) is 60.8 Å². The van der Waals surface area contributed by atoms with Gasteiger partial charge in [-0.3, -0.25) is 0 Å². The standard InChI is InChI=1S/C30H46BN3O7/c1-28(2,3)39-27(35)33-22-14-20(15-22)19-36-12-13-37-25-17-21(31-40-29(4,5)30(6,7)41-31)16-24-23(25)18-32-34(24)26-10-8-9-11-38-26/h16-18,20,22,26H,8-15,19H2,1-7H3,(H,33,35). The summed E-state index contributed by atoms with van der Waals surface area (Å²) in [6, 6.07) is 4.23. The van der Waals surface area contributed by atoms with Crippen molar-refractivity contribution in [3.8, 4) is 5.75 Å². The Morgan fingerprint density at radius 3 is 2.51 bits per heavy atom. The normalized spacial score (nSPS) is 25.6. The van der Waals surface area contributed by atoms with Crippen LogP contribution in [0.1, 0.15) is 86.8 Å². The maximum absolute atomic E-state index is 11.9. The Kier molecular flexibility index (Phi) is 8.63. The molecule has 0 spiro atoms. The quantitative estimate of drug-likeness (QED) is 0.341. The van der Waals surface area contributed by atoms with E-state index >= 15 is 0 Å². The molecule has 3 fully saturated rings. The van der Waals surface area contributed by atoms with Gasteiger partial charge in [-0.2, -0.15) is 5.10 Å². The molecule has 2 saturated heterocycles. The second-order valence-corrected chi connectivity index (χ2v) is 13.6. The largest absolute Gasteiger partial charge is 0.495 e. The zero-order chi connectivity index (χ0) is 29.4. The van der Waals surface area contributed by atoms with Gasteiger partial charge >= 0.3 is 13.2 Å². The van der Waals surface area contributed by atoms with E-state index in [-0.39, 0.29) is 18.4 Å². The molecule has 5 rings (SSSR count). The highest BCUT2D eigenvalue weighted by Gasteiger charge is 2.52. The lowest BCUT2D eigenvalue weighted by Crippen LogP contribution is -2.47. The predicted molar refractivity (Wildman–Crippen MR) is 156 cm³/mol. The van der Waals surface area contributed by atoms with E-state index in [9.17, 15) is 4.79 Å². The molecule has 11 heteroatoms. The molecule has 1 aromatic carbocycles. The number of ether oxygens (including phenoxy) is 4. The SMILES string of the molecule is CC(C)(C)OC(=O)NC1CC(COCCOc2cc(B3OC(C)(C)C(C)(C)O3)cc3c2cnn3C2CCCCO2)C1. The fraction of sp³-hybridized carbons (Fsp3) is 0.733. The fourth-order valence-corrected chi connectivity index (χ4v) is 5.44. The van der Waals surface area contributed by atoms with Crippen LogP contribution in [0.2, 0.25) is 0 Å².